The summed E-state index contributed by atoms with van der Waals surface area (Å²) in [7, 11) is 0. The van der Waals surface area contributed by atoms with Crippen LogP contribution < -0.4 is 5.32 Å². The van der Waals surface area contributed by atoms with E-state index in [1.54, 1.807) is 0 Å². The Morgan fingerprint density at radius 2 is 1.39 bits per heavy atom. The highest BCUT2D eigenvalue weighted by atomic mass is 35.5. The van der Waals surface area contributed by atoms with Gasteiger partial charge in [0.05, 0.1) is 0 Å². The Bertz CT molecular complexity index is 566. The van der Waals surface area contributed by atoms with E-state index in [9.17, 15) is 4.79 Å². The molecule has 1 saturated carbocycles. The van der Waals surface area contributed by atoms with Gasteiger partial charge in [0.1, 0.15) is 0 Å². The Morgan fingerprint density at radius 1 is 0.870 bits per heavy atom. The van der Waals surface area contributed by atoms with Crippen LogP contribution in [-0.2, 0) is 4.79 Å². The second kappa shape index (κ2) is 7.83. The number of hydrogen-bond acceptors (Lipinski definition) is 1. The first-order valence-corrected chi connectivity index (χ1v) is 9.00. The largest absolute Gasteiger partial charge is 0.326 e. The van der Waals surface area contributed by atoms with Crippen molar-refractivity contribution in [1.29, 1.82) is 0 Å². The van der Waals surface area contributed by atoms with Crippen molar-refractivity contribution in [2.24, 2.45) is 17.8 Å². The van der Waals surface area contributed by atoms with E-state index < -0.39 is 0 Å². The highest BCUT2D eigenvalue weighted by molar-refractivity contribution is 6.30. The smallest absolute Gasteiger partial charge is 0.228 e. The molecule has 0 aliphatic heterocycles. The standard InChI is InChI=1S/C20H24ClNO/c21-15-11-13-16(14-12-15)22-20(23)19-17-9-7-5-3-1-2-4-6-8-10-18(17)19/h3-6,11-14,17-19H,1-2,7-10H2,(H,22,23)/b5-3-,6-4+/t17-,18-,19?/m0/s1. The number of allylic oxidation sites excluding steroid dienone is 4. The number of carbonyl (C=O) groups excluding carboxylic acids is 1. The van der Waals surface area contributed by atoms with Gasteiger partial charge >= 0.3 is 0 Å². The molecule has 3 rings (SSSR count). The van der Waals surface area contributed by atoms with Crippen LogP contribution in [0.2, 0.25) is 5.02 Å². The first-order chi connectivity index (χ1) is 11.3. The number of fused-ring (bicyclic) bond motifs is 1. The van der Waals surface area contributed by atoms with Gasteiger partial charge in [-0.25, -0.2) is 0 Å². The summed E-state index contributed by atoms with van der Waals surface area (Å²) in [5.41, 5.74) is 0.835. The zero-order valence-electron chi connectivity index (χ0n) is 13.4. The highest BCUT2D eigenvalue weighted by Gasteiger charge is 2.52. The van der Waals surface area contributed by atoms with Gasteiger partial charge in [0.25, 0.3) is 0 Å². The lowest BCUT2D eigenvalue weighted by molar-refractivity contribution is -0.117. The topological polar surface area (TPSA) is 29.1 Å². The van der Waals surface area contributed by atoms with Gasteiger partial charge in [-0.3, -0.25) is 4.79 Å². The lowest BCUT2D eigenvalue weighted by atomic mass is 10.1. The summed E-state index contributed by atoms with van der Waals surface area (Å²) >= 11 is 5.89. The van der Waals surface area contributed by atoms with Crippen LogP contribution in [0, 0.1) is 17.8 Å². The van der Waals surface area contributed by atoms with E-state index >= 15 is 0 Å². The monoisotopic (exact) mass is 329 g/mol. The van der Waals surface area contributed by atoms with Crippen LogP contribution in [0.4, 0.5) is 5.69 Å². The number of benzene rings is 1. The molecule has 122 valence electrons. The summed E-state index contributed by atoms with van der Waals surface area (Å²) < 4.78 is 0. The fourth-order valence-corrected chi connectivity index (χ4v) is 3.75. The second-order valence-electron chi connectivity index (χ2n) is 6.52. The van der Waals surface area contributed by atoms with Crippen molar-refractivity contribution < 1.29 is 4.79 Å². The van der Waals surface area contributed by atoms with Gasteiger partial charge in [-0.15, -0.1) is 0 Å². The number of amides is 1. The molecular formula is C20H24ClNO. The fourth-order valence-electron chi connectivity index (χ4n) is 3.62. The number of carbonyl (C=O) groups is 1. The summed E-state index contributed by atoms with van der Waals surface area (Å²) in [5.74, 6) is 1.43. The quantitative estimate of drug-likeness (QED) is 0.702. The van der Waals surface area contributed by atoms with Gasteiger partial charge in [0.2, 0.25) is 5.91 Å². The highest BCUT2D eigenvalue weighted by Crippen LogP contribution is 2.52. The van der Waals surface area contributed by atoms with Gasteiger partial charge in [0.15, 0.2) is 0 Å². The minimum absolute atomic E-state index is 0.171. The van der Waals surface area contributed by atoms with Crippen molar-refractivity contribution >= 4 is 23.2 Å². The van der Waals surface area contributed by atoms with E-state index in [2.05, 4.69) is 29.6 Å². The van der Waals surface area contributed by atoms with Crippen LogP contribution in [0.1, 0.15) is 38.5 Å². The number of halogens is 1. The average Bonchev–Trinajstić information content (AvgIpc) is 3.22. The van der Waals surface area contributed by atoms with Crippen LogP contribution in [0.15, 0.2) is 48.6 Å². The summed E-state index contributed by atoms with van der Waals surface area (Å²) in [6.07, 6.45) is 15.8. The van der Waals surface area contributed by atoms with Crippen molar-refractivity contribution in [2.75, 3.05) is 5.32 Å². The summed E-state index contributed by atoms with van der Waals surface area (Å²) in [6, 6.07) is 7.34. The molecule has 2 aliphatic rings. The SMILES string of the molecule is O=C(Nc1ccc(Cl)cc1)C1[C@H]2CC/C=C\CC/C=C/CC[C@H]12. The molecule has 1 amide bonds. The van der Waals surface area contributed by atoms with Gasteiger partial charge in [-0.05, 0) is 74.6 Å². The van der Waals surface area contributed by atoms with Crippen molar-refractivity contribution in [3.8, 4) is 0 Å². The third-order valence-electron chi connectivity index (χ3n) is 4.91. The molecule has 1 unspecified atom stereocenters. The molecule has 1 N–H and O–H groups in total. The van der Waals surface area contributed by atoms with E-state index in [1.165, 1.54) is 0 Å². The van der Waals surface area contributed by atoms with Crippen molar-refractivity contribution in [3.63, 3.8) is 0 Å². The summed E-state index contributed by atoms with van der Waals surface area (Å²) in [4.78, 5) is 12.6. The molecule has 0 aromatic heterocycles. The van der Waals surface area contributed by atoms with Gasteiger partial charge < -0.3 is 5.32 Å². The van der Waals surface area contributed by atoms with Gasteiger partial charge in [0, 0.05) is 16.6 Å². The molecule has 0 saturated heterocycles. The minimum atomic E-state index is 0.171. The van der Waals surface area contributed by atoms with Crippen LogP contribution in [0.5, 0.6) is 0 Å². The number of nitrogens with one attached hydrogen (secondary N) is 1. The van der Waals surface area contributed by atoms with Crippen molar-refractivity contribution in [3.05, 3.63) is 53.6 Å². The summed E-state index contributed by atoms with van der Waals surface area (Å²) in [6.45, 7) is 0. The molecule has 0 heterocycles. The molecule has 23 heavy (non-hydrogen) atoms. The molecule has 2 nitrogen and oxygen atoms in total. The van der Waals surface area contributed by atoms with Crippen LogP contribution in [0.25, 0.3) is 0 Å². The number of anilines is 1. The normalized spacial score (nSPS) is 30.2. The predicted molar refractivity (Wildman–Crippen MR) is 96.5 cm³/mol. The van der Waals surface area contributed by atoms with Crippen molar-refractivity contribution in [2.45, 2.75) is 38.5 Å². The number of rotatable bonds is 2. The molecule has 1 aromatic carbocycles. The zero-order chi connectivity index (χ0) is 16.1. The third-order valence-corrected chi connectivity index (χ3v) is 5.16. The van der Waals surface area contributed by atoms with E-state index in [4.69, 9.17) is 11.6 Å². The summed E-state index contributed by atoms with van der Waals surface area (Å²) in [5, 5.41) is 3.74. The average molecular weight is 330 g/mol. The fraction of sp³-hybridized carbons (Fsp3) is 0.450. The Kier molecular flexibility index (Phi) is 5.56. The predicted octanol–water partition coefficient (Wildman–Crippen LogP) is 5.61. The van der Waals surface area contributed by atoms with E-state index in [-0.39, 0.29) is 11.8 Å². The molecule has 0 bridgehead atoms. The maximum Gasteiger partial charge on any atom is 0.228 e. The van der Waals surface area contributed by atoms with Gasteiger partial charge in [-0.1, -0.05) is 35.9 Å². The molecule has 0 spiro atoms. The lowest BCUT2D eigenvalue weighted by Crippen LogP contribution is -2.15. The molecular weight excluding hydrogens is 306 g/mol. The van der Waals surface area contributed by atoms with Crippen LogP contribution >= 0.6 is 11.6 Å². The second-order valence-corrected chi connectivity index (χ2v) is 6.96. The van der Waals surface area contributed by atoms with E-state index in [0.717, 1.165) is 44.2 Å². The van der Waals surface area contributed by atoms with Crippen LogP contribution in [-0.4, -0.2) is 5.91 Å². The minimum Gasteiger partial charge on any atom is -0.326 e. The Morgan fingerprint density at radius 3 is 1.96 bits per heavy atom. The Balaban J connectivity index is 1.60. The molecule has 2 aliphatic carbocycles. The molecule has 1 fully saturated rings. The van der Waals surface area contributed by atoms with E-state index in [0.29, 0.717) is 16.9 Å². The van der Waals surface area contributed by atoms with E-state index in [1.807, 2.05) is 24.3 Å². The molecule has 3 heteroatoms. The third kappa shape index (κ3) is 4.48. The van der Waals surface area contributed by atoms with Gasteiger partial charge in [-0.2, -0.15) is 0 Å². The number of hydrogen-bond donors (Lipinski definition) is 1. The Hall–Kier alpha value is -1.54. The van der Waals surface area contributed by atoms with Crippen molar-refractivity contribution in [1.82, 2.24) is 0 Å². The molecule has 1 aromatic rings. The molecule has 0 radical (unpaired) electrons. The lowest BCUT2D eigenvalue weighted by Gasteiger charge is -2.05. The maximum absolute atomic E-state index is 12.6. The maximum atomic E-state index is 12.6. The zero-order valence-corrected chi connectivity index (χ0v) is 14.1. The Labute approximate surface area is 143 Å². The first-order valence-electron chi connectivity index (χ1n) is 8.62. The first kappa shape index (κ1) is 16.3. The molecule has 3 atom stereocenters. The van der Waals surface area contributed by atoms with Crippen LogP contribution in [0.3, 0.4) is 0 Å².